The van der Waals surface area contributed by atoms with Gasteiger partial charge in [0.2, 0.25) is 0 Å². The zero-order chi connectivity index (χ0) is 8.55. The van der Waals surface area contributed by atoms with E-state index in [9.17, 15) is 0 Å². The van der Waals surface area contributed by atoms with Gasteiger partial charge in [0.1, 0.15) is 0 Å². The molecule has 0 bridgehead atoms. The van der Waals surface area contributed by atoms with Crippen LogP contribution in [0, 0.1) is 5.92 Å². The maximum atomic E-state index is 4.33. The highest BCUT2D eigenvalue weighted by molar-refractivity contribution is 5.61. The van der Waals surface area contributed by atoms with Crippen LogP contribution in [0.25, 0.3) is 0 Å². The molecular formula is C10H14N2. The second-order valence-electron chi connectivity index (χ2n) is 3.64. The molecule has 0 aromatic rings. The summed E-state index contributed by atoms with van der Waals surface area (Å²) in [6.07, 6.45) is 8.46. The lowest BCUT2D eigenvalue weighted by atomic mass is 9.93. The van der Waals surface area contributed by atoms with Crippen molar-refractivity contribution in [2.24, 2.45) is 10.9 Å². The Bertz CT molecular complexity index is 261. The van der Waals surface area contributed by atoms with E-state index in [4.69, 9.17) is 0 Å². The summed E-state index contributed by atoms with van der Waals surface area (Å²) in [7, 11) is 0. The third kappa shape index (κ3) is 1.17. The molecule has 2 unspecified atom stereocenters. The van der Waals surface area contributed by atoms with Gasteiger partial charge in [-0.15, -0.1) is 0 Å². The number of allylic oxidation sites excluding steroid dienone is 2. The zero-order valence-corrected chi connectivity index (χ0v) is 7.49. The fourth-order valence-electron chi connectivity index (χ4n) is 1.57. The second-order valence-corrected chi connectivity index (χ2v) is 3.64. The molecule has 0 saturated carbocycles. The Morgan fingerprint density at radius 3 is 3.08 bits per heavy atom. The van der Waals surface area contributed by atoms with Gasteiger partial charge in [-0.3, -0.25) is 4.99 Å². The topological polar surface area (TPSA) is 24.4 Å². The van der Waals surface area contributed by atoms with Crippen molar-refractivity contribution in [3.8, 4) is 0 Å². The van der Waals surface area contributed by atoms with Crippen molar-refractivity contribution in [3.63, 3.8) is 0 Å². The minimum Gasteiger partial charge on any atom is -0.368 e. The number of nitrogens with one attached hydrogen (secondary N) is 1. The first-order valence-electron chi connectivity index (χ1n) is 4.45. The standard InChI is InChI=1S/C10H14N2/c1-7(2)8-3-4-9-10(5-8)12-6-11-9/h3-7,9-10H,1-2H3,(H,11,12). The molecule has 1 aliphatic carbocycles. The van der Waals surface area contributed by atoms with Crippen LogP contribution in [0.5, 0.6) is 0 Å². The van der Waals surface area contributed by atoms with E-state index in [1.807, 2.05) is 0 Å². The maximum Gasteiger partial charge on any atom is 0.0940 e. The third-order valence-corrected chi connectivity index (χ3v) is 2.41. The minimum absolute atomic E-state index is 0.340. The van der Waals surface area contributed by atoms with E-state index < -0.39 is 0 Å². The van der Waals surface area contributed by atoms with Crippen LogP contribution in [0.2, 0.25) is 0 Å². The molecule has 12 heavy (non-hydrogen) atoms. The van der Waals surface area contributed by atoms with Gasteiger partial charge in [0.05, 0.1) is 18.4 Å². The lowest BCUT2D eigenvalue weighted by Gasteiger charge is -2.19. The lowest BCUT2D eigenvalue weighted by Crippen LogP contribution is -2.30. The Morgan fingerprint density at radius 1 is 1.50 bits per heavy atom. The van der Waals surface area contributed by atoms with Crippen molar-refractivity contribution >= 4 is 6.34 Å². The van der Waals surface area contributed by atoms with E-state index in [-0.39, 0.29) is 0 Å². The smallest absolute Gasteiger partial charge is 0.0940 e. The third-order valence-electron chi connectivity index (χ3n) is 2.41. The zero-order valence-electron chi connectivity index (χ0n) is 7.49. The summed E-state index contributed by atoms with van der Waals surface area (Å²) in [6, 6.07) is 0.750. The molecule has 0 saturated heterocycles. The summed E-state index contributed by atoms with van der Waals surface area (Å²) < 4.78 is 0. The molecule has 2 rings (SSSR count). The number of nitrogens with zero attached hydrogens (tertiary/aromatic N) is 1. The van der Waals surface area contributed by atoms with E-state index >= 15 is 0 Å². The van der Waals surface area contributed by atoms with Crippen LogP contribution in [0.15, 0.2) is 28.8 Å². The SMILES string of the molecule is CC(C)C1=CC2N=CNC2C=C1. The summed E-state index contributed by atoms with van der Waals surface area (Å²) in [4.78, 5) is 4.33. The van der Waals surface area contributed by atoms with Gasteiger partial charge in [0, 0.05) is 0 Å². The van der Waals surface area contributed by atoms with Gasteiger partial charge in [-0.2, -0.15) is 0 Å². The highest BCUT2D eigenvalue weighted by Gasteiger charge is 2.22. The molecule has 0 fully saturated rings. The average molecular weight is 162 g/mol. The van der Waals surface area contributed by atoms with Gasteiger partial charge in [-0.05, 0) is 11.5 Å². The summed E-state index contributed by atoms with van der Waals surface area (Å²) in [5.74, 6) is 0.609. The van der Waals surface area contributed by atoms with Crippen LogP contribution in [0.3, 0.4) is 0 Å². The van der Waals surface area contributed by atoms with E-state index in [2.05, 4.69) is 42.4 Å². The predicted octanol–water partition coefficient (Wildman–Crippen LogP) is 1.51. The Balaban J connectivity index is 2.20. The number of hydrogen-bond acceptors (Lipinski definition) is 2. The van der Waals surface area contributed by atoms with Gasteiger partial charge in [0.25, 0.3) is 0 Å². The van der Waals surface area contributed by atoms with Gasteiger partial charge in [-0.1, -0.05) is 32.1 Å². The molecule has 1 aliphatic heterocycles. The molecule has 1 heterocycles. The number of hydrogen-bond donors (Lipinski definition) is 1. The molecule has 64 valence electrons. The summed E-state index contributed by atoms with van der Waals surface area (Å²) in [5.41, 5.74) is 1.40. The molecule has 1 N–H and O–H groups in total. The van der Waals surface area contributed by atoms with Gasteiger partial charge in [0.15, 0.2) is 0 Å². The molecule has 0 amide bonds. The first-order chi connectivity index (χ1) is 5.77. The van der Waals surface area contributed by atoms with Crippen LogP contribution in [-0.2, 0) is 0 Å². The summed E-state index contributed by atoms with van der Waals surface area (Å²) in [6.45, 7) is 4.42. The average Bonchev–Trinajstić information content (AvgIpc) is 2.49. The summed E-state index contributed by atoms with van der Waals surface area (Å²) >= 11 is 0. The van der Waals surface area contributed by atoms with Crippen LogP contribution in [0.1, 0.15) is 13.8 Å². The van der Waals surface area contributed by atoms with E-state index in [0.29, 0.717) is 18.0 Å². The lowest BCUT2D eigenvalue weighted by molar-refractivity contribution is 0.669. The van der Waals surface area contributed by atoms with Crippen LogP contribution in [0.4, 0.5) is 0 Å². The van der Waals surface area contributed by atoms with Crippen LogP contribution >= 0.6 is 0 Å². The van der Waals surface area contributed by atoms with E-state index in [1.165, 1.54) is 5.57 Å². The molecule has 2 nitrogen and oxygen atoms in total. The normalized spacial score (nSPS) is 31.8. The van der Waals surface area contributed by atoms with Gasteiger partial charge < -0.3 is 5.32 Å². The number of fused-ring (bicyclic) bond motifs is 1. The second kappa shape index (κ2) is 2.77. The van der Waals surface area contributed by atoms with Crippen molar-refractivity contribution in [3.05, 3.63) is 23.8 Å². The van der Waals surface area contributed by atoms with Crippen LogP contribution < -0.4 is 5.32 Å². The molecule has 2 atom stereocenters. The number of rotatable bonds is 1. The Kier molecular flexibility index (Phi) is 1.75. The van der Waals surface area contributed by atoms with Crippen molar-refractivity contribution in [2.45, 2.75) is 25.9 Å². The Morgan fingerprint density at radius 2 is 2.33 bits per heavy atom. The van der Waals surface area contributed by atoms with Crippen molar-refractivity contribution in [1.29, 1.82) is 0 Å². The van der Waals surface area contributed by atoms with Crippen molar-refractivity contribution in [1.82, 2.24) is 5.32 Å². The fraction of sp³-hybridized carbons (Fsp3) is 0.500. The quantitative estimate of drug-likeness (QED) is 0.621. The molecule has 2 heteroatoms. The molecule has 0 aromatic carbocycles. The Labute approximate surface area is 73.1 Å². The van der Waals surface area contributed by atoms with Gasteiger partial charge >= 0.3 is 0 Å². The predicted molar refractivity (Wildman–Crippen MR) is 51.3 cm³/mol. The van der Waals surface area contributed by atoms with Gasteiger partial charge in [-0.25, -0.2) is 0 Å². The first kappa shape index (κ1) is 7.59. The van der Waals surface area contributed by atoms with E-state index in [0.717, 1.165) is 0 Å². The number of aliphatic imine (C=N–C) groups is 1. The maximum absolute atomic E-state index is 4.33. The fourth-order valence-corrected chi connectivity index (χ4v) is 1.57. The Hall–Kier alpha value is -1.05. The monoisotopic (exact) mass is 162 g/mol. The van der Waals surface area contributed by atoms with Crippen molar-refractivity contribution < 1.29 is 0 Å². The molecule has 0 radical (unpaired) electrons. The molecule has 2 aliphatic rings. The largest absolute Gasteiger partial charge is 0.368 e. The summed E-state index contributed by atoms with van der Waals surface area (Å²) in [5, 5.41) is 3.19. The molecular weight excluding hydrogens is 148 g/mol. The molecule has 0 spiro atoms. The first-order valence-corrected chi connectivity index (χ1v) is 4.45. The minimum atomic E-state index is 0.340. The van der Waals surface area contributed by atoms with Crippen molar-refractivity contribution in [2.75, 3.05) is 0 Å². The van der Waals surface area contributed by atoms with Crippen LogP contribution in [-0.4, -0.2) is 18.4 Å². The molecule has 0 aromatic heterocycles. The highest BCUT2D eigenvalue weighted by atomic mass is 15.1. The van der Waals surface area contributed by atoms with E-state index in [1.54, 1.807) is 6.34 Å². The highest BCUT2D eigenvalue weighted by Crippen LogP contribution is 2.21.